The van der Waals surface area contributed by atoms with Crippen molar-refractivity contribution in [3.8, 4) is 0 Å². The predicted molar refractivity (Wildman–Crippen MR) is 81.2 cm³/mol. The highest BCUT2D eigenvalue weighted by molar-refractivity contribution is 5.95. The molecule has 3 N–H and O–H groups in total. The van der Waals surface area contributed by atoms with Gasteiger partial charge < -0.3 is 11.1 Å². The van der Waals surface area contributed by atoms with E-state index in [9.17, 15) is 4.79 Å². The minimum atomic E-state index is -0.0138. The molecule has 0 radical (unpaired) electrons. The molecule has 3 heteroatoms. The van der Waals surface area contributed by atoms with Gasteiger partial charge in [0, 0.05) is 17.3 Å². The average Bonchev–Trinajstić information content (AvgIpc) is 2.32. The van der Waals surface area contributed by atoms with E-state index >= 15 is 0 Å². The molecule has 0 spiro atoms. The lowest BCUT2D eigenvalue weighted by Gasteiger charge is -2.15. The van der Waals surface area contributed by atoms with Crippen molar-refractivity contribution in [3.63, 3.8) is 0 Å². The van der Waals surface area contributed by atoms with Crippen LogP contribution in [0.15, 0.2) is 18.2 Å². The van der Waals surface area contributed by atoms with E-state index < -0.39 is 0 Å². The second-order valence-corrected chi connectivity index (χ2v) is 5.77. The summed E-state index contributed by atoms with van der Waals surface area (Å²) in [6.07, 6.45) is 3.39. The molecule has 0 aliphatic carbocycles. The van der Waals surface area contributed by atoms with E-state index in [0.717, 1.165) is 30.0 Å². The minimum absolute atomic E-state index is 0.0138. The van der Waals surface area contributed by atoms with Gasteiger partial charge in [0.25, 0.3) is 5.91 Å². The molecule has 1 atom stereocenters. The van der Waals surface area contributed by atoms with E-state index in [4.69, 9.17) is 5.73 Å². The zero-order valence-electron chi connectivity index (χ0n) is 12.5. The summed E-state index contributed by atoms with van der Waals surface area (Å²) in [5, 5.41) is 3.04. The highest BCUT2D eigenvalue weighted by Crippen LogP contribution is 2.13. The van der Waals surface area contributed by atoms with Gasteiger partial charge in [0.15, 0.2) is 0 Å². The van der Waals surface area contributed by atoms with Gasteiger partial charge in [-0.15, -0.1) is 0 Å². The second-order valence-electron chi connectivity index (χ2n) is 5.77. The first-order valence-corrected chi connectivity index (χ1v) is 7.07. The topological polar surface area (TPSA) is 55.1 Å². The number of rotatable bonds is 6. The summed E-state index contributed by atoms with van der Waals surface area (Å²) in [6, 6.07) is 5.61. The first kappa shape index (κ1) is 15.5. The summed E-state index contributed by atoms with van der Waals surface area (Å²) in [4.78, 5) is 12.1. The van der Waals surface area contributed by atoms with E-state index in [2.05, 4.69) is 26.1 Å². The summed E-state index contributed by atoms with van der Waals surface area (Å²) in [6.45, 7) is 8.42. The zero-order chi connectivity index (χ0) is 14.4. The summed E-state index contributed by atoms with van der Waals surface area (Å²) in [7, 11) is 0. The molecule has 0 saturated heterocycles. The van der Waals surface area contributed by atoms with Crippen molar-refractivity contribution in [1.29, 1.82) is 0 Å². The molecule has 1 amide bonds. The summed E-state index contributed by atoms with van der Waals surface area (Å²) in [5.74, 6) is 0.711. The second kappa shape index (κ2) is 7.17. The van der Waals surface area contributed by atoms with Crippen molar-refractivity contribution in [2.75, 3.05) is 5.73 Å². The molecule has 0 saturated carbocycles. The predicted octanol–water partition coefficient (Wildman–Crippen LogP) is 3.52. The van der Waals surface area contributed by atoms with Crippen LogP contribution in [0.2, 0.25) is 0 Å². The van der Waals surface area contributed by atoms with Crippen LogP contribution in [-0.4, -0.2) is 11.9 Å². The smallest absolute Gasteiger partial charge is 0.251 e. The number of aryl methyl sites for hydroxylation is 1. The molecule has 0 aliphatic rings. The van der Waals surface area contributed by atoms with Crippen molar-refractivity contribution in [3.05, 3.63) is 29.3 Å². The van der Waals surface area contributed by atoms with Crippen LogP contribution in [0.25, 0.3) is 0 Å². The molecule has 0 bridgehead atoms. The van der Waals surface area contributed by atoms with Crippen LogP contribution < -0.4 is 11.1 Å². The van der Waals surface area contributed by atoms with Crippen molar-refractivity contribution in [2.45, 2.75) is 53.0 Å². The number of hydrogen-bond donors (Lipinski definition) is 2. The number of nitrogens with two attached hydrogens (primary N) is 1. The normalized spacial score (nSPS) is 12.5. The Morgan fingerprint density at radius 2 is 1.95 bits per heavy atom. The number of carbonyl (C=O) groups is 1. The standard InChI is InChI=1S/C16H26N2O/c1-11(2)6-5-7-13(4)18-16(19)14-8-9-15(17)12(3)10-14/h8-11,13H,5-7,17H2,1-4H3,(H,18,19). The van der Waals surface area contributed by atoms with E-state index in [0.29, 0.717) is 5.56 Å². The van der Waals surface area contributed by atoms with Crippen LogP contribution in [0.4, 0.5) is 5.69 Å². The summed E-state index contributed by atoms with van der Waals surface area (Å²) >= 11 is 0. The van der Waals surface area contributed by atoms with Gasteiger partial charge in [-0.05, 0) is 49.9 Å². The van der Waals surface area contributed by atoms with Gasteiger partial charge >= 0.3 is 0 Å². The molecule has 0 aromatic heterocycles. The van der Waals surface area contributed by atoms with Crippen LogP contribution >= 0.6 is 0 Å². The first-order chi connectivity index (χ1) is 8.90. The van der Waals surface area contributed by atoms with Crippen LogP contribution in [0.1, 0.15) is 56.0 Å². The summed E-state index contributed by atoms with van der Waals surface area (Å²) in [5.41, 5.74) is 8.10. The molecule has 1 aromatic rings. The Hall–Kier alpha value is -1.51. The van der Waals surface area contributed by atoms with Crippen molar-refractivity contribution < 1.29 is 4.79 Å². The molecular weight excluding hydrogens is 236 g/mol. The lowest BCUT2D eigenvalue weighted by atomic mass is 10.0. The van der Waals surface area contributed by atoms with Gasteiger partial charge in [-0.3, -0.25) is 4.79 Å². The quantitative estimate of drug-likeness (QED) is 0.771. The fraction of sp³-hybridized carbons (Fsp3) is 0.562. The number of benzene rings is 1. The third kappa shape index (κ3) is 5.33. The highest BCUT2D eigenvalue weighted by Gasteiger charge is 2.10. The molecule has 1 rings (SSSR count). The third-order valence-corrected chi connectivity index (χ3v) is 3.33. The lowest BCUT2D eigenvalue weighted by Crippen LogP contribution is -2.32. The lowest BCUT2D eigenvalue weighted by molar-refractivity contribution is 0.0937. The molecule has 1 unspecified atom stereocenters. The number of nitrogen functional groups attached to an aromatic ring is 1. The molecule has 0 aliphatic heterocycles. The van der Waals surface area contributed by atoms with E-state index in [1.165, 1.54) is 6.42 Å². The number of carbonyl (C=O) groups excluding carboxylic acids is 1. The Labute approximate surface area is 116 Å². The van der Waals surface area contributed by atoms with Crippen LogP contribution in [0.3, 0.4) is 0 Å². The molecule has 106 valence electrons. The van der Waals surface area contributed by atoms with Crippen LogP contribution in [-0.2, 0) is 0 Å². The highest BCUT2D eigenvalue weighted by atomic mass is 16.1. The average molecular weight is 262 g/mol. The van der Waals surface area contributed by atoms with Crippen LogP contribution in [0.5, 0.6) is 0 Å². The number of anilines is 1. The largest absolute Gasteiger partial charge is 0.399 e. The van der Waals surface area contributed by atoms with E-state index in [1.54, 1.807) is 12.1 Å². The fourth-order valence-electron chi connectivity index (χ4n) is 2.03. The Morgan fingerprint density at radius 3 is 2.53 bits per heavy atom. The van der Waals surface area contributed by atoms with Gasteiger partial charge in [-0.2, -0.15) is 0 Å². The SMILES string of the molecule is Cc1cc(C(=O)NC(C)CCCC(C)C)ccc1N. The van der Waals surface area contributed by atoms with Gasteiger partial charge in [-0.1, -0.05) is 26.7 Å². The Kier molecular flexibility index (Phi) is 5.87. The van der Waals surface area contributed by atoms with E-state index in [1.807, 2.05) is 13.0 Å². The summed E-state index contributed by atoms with van der Waals surface area (Å²) < 4.78 is 0. The van der Waals surface area contributed by atoms with Crippen molar-refractivity contribution >= 4 is 11.6 Å². The number of amides is 1. The maximum Gasteiger partial charge on any atom is 0.251 e. The van der Waals surface area contributed by atoms with Gasteiger partial charge in [0.1, 0.15) is 0 Å². The Morgan fingerprint density at radius 1 is 1.26 bits per heavy atom. The number of nitrogens with one attached hydrogen (secondary N) is 1. The molecule has 3 nitrogen and oxygen atoms in total. The zero-order valence-corrected chi connectivity index (χ0v) is 12.5. The monoisotopic (exact) mass is 262 g/mol. The van der Waals surface area contributed by atoms with E-state index in [-0.39, 0.29) is 11.9 Å². The maximum atomic E-state index is 12.1. The molecule has 0 fully saturated rings. The van der Waals surface area contributed by atoms with Crippen molar-refractivity contribution in [1.82, 2.24) is 5.32 Å². The molecule has 0 heterocycles. The first-order valence-electron chi connectivity index (χ1n) is 7.07. The van der Waals surface area contributed by atoms with Gasteiger partial charge in [-0.25, -0.2) is 0 Å². The molecule has 1 aromatic carbocycles. The molecule has 19 heavy (non-hydrogen) atoms. The van der Waals surface area contributed by atoms with Gasteiger partial charge in [0.05, 0.1) is 0 Å². The minimum Gasteiger partial charge on any atom is -0.399 e. The van der Waals surface area contributed by atoms with Crippen molar-refractivity contribution in [2.24, 2.45) is 5.92 Å². The Bertz CT molecular complexity index is 427. The third-order valence-electron chi connectivity index (χ3n) is 3.33. The van der Waals surface area contributed by atoms with Crippen LogP contribution in [0, 0.1) is 12.8 Å². The number of hydrogen-bond acceptors (Lipinski definition) is 2. The Balaban J connectivity index is 2.47. The maximum absolute atomic E-state index is 12.1. The fourth-order valence-corrected chi connectivity index (χ4v) is 2.03. The molecular formula is C16H26N2O. The van der Waals surface area contributed by atoms with Gasteiger partial charge in [0.2, 0.25) is 0 Å².